The van der Waals surface area contributed by atoms with Crippen LogP contribution in [-0.2, 0) is 6.42 Å². The molecule has 0 radical (unpaired) electrons. The van der Waals surface area contributed by atoms with Gasteiger partial charge in [-0.05, 0) is 30.3 Å². The Hall–Kier alpha value is -2.51. The molecule has 3 aromatic rings. The van der Waals surface area contributed by atoms with Crippen molar-refractivity contribution in [2.45, 2.75) is 16.3 Å². The monoisotopic (exact) mass is 374 g/mol. The predicted molar refractivity (Wildman–Crippen MR) is 96.7 cm³/mol. The van der Waals surface area contributed by atoms with E-state index in [2.05, 4.69) is 15.4 Å². The van der Waals surface area contributed by atoms with Gasteiger partial charge in [-0.3, -0.25) is 4.98 Å². The van der Waals surface area contributed by atoms with Crippen LogP contribution in [0, 0.1) is 0 Å². The first-order chi connectivity index (χ1) is 12.1. The highest BCUT2D eigenvalue weighted by Crippen LogP contribution is 2.31. The van der Waals surface area contributed by atoms with E-state index in [-0.39, 0.29) is 0 Å². The van der Waals surface area contributed by atoms with Gasteiger partial charge in [0.15, 0.2) is 0 Å². The van der Waals surface area contributed by atoms with Gasteiger partial charge in [0, 0.05) is 30.3 Å². The van der Waals surface area contributed by atoms with E-state index in [1.54, 1.807) is 17.1 Å². The van der Waals surface area contributed by atoms with Crippen LogP contribution in [0.15, 0.2) is 64.8 Å². The summed E-state index contributed by atoms with van der Waals surface area (Å²) in [5.41, 5.74) is 1.55. The fraction of sp³-hybridized carbons (Fsp3) is 0.118. The smallest absolute Gasteiger partial charge is 0.404 e. The fourth-order valence-electron chi connectivity index (χ4n) is 2.23. The molecule has 0 aliphatic heterocycles. The van der Waals surface area contributed by atoms with Crippen LogP contribution in [-0.4, -0.2) is 32.5 Å². The average molecular weight is 375 g/mol. The number of hydrogen-bond acceptors (Lipinski definition) is 4. The summed E-state index contributed by atoms with van der Waals surface area (Å²) in [5, 5.41) is 17.1. The van der Waals surface area contributed by atoms with Crippen molar-refractivity contribution in [1.29, 1.82) is 0 Å². The number of nitrogens with one attached hydrogen (secondary N) is 1. The highest BCUT2D eigenvalue weighted by molar-refractivity contribution is 7.99. The van der Waals surface area contributed by atoms with Gasteiger partial charge in [-0.25, -0.2) is 9.48 Å². The van der Waals surface area contributed by atoms with E-state index < -0.39 is 6.09 Å². The molecule has 25 heavy (non-hydrogen) atoms. The Bertz CT molecular complexity index is 870. The van der Waals surface area contributed by atoms with E-state index in [4.69, 9.17) is 16.7 Å². The maximum atomic E-state index is 10.6. The van der Waals surface area contributed by atoms with Crippen molar-refractivity contribution in [1.82, 2.24) is 20.1 Å². The van der Waals surface area contributed by atoms with Crippen molar-refractivity contribution < 1.29 is 9.90 Å². The van der Waals surface area contributed by atoms with E-state index >= 15 is 0 Å². The number of carbonyl (C=O) groups is 1. The summed E-state index contributed by atoms with van der Waals surface area (Å²) in [6.07, 6.45) is 2.94. The minimum absolute atomic E-state index is 0.297. The molecule has 0 aliphatic rings. The fourth-order valence-corrected chi connectivity index (χ4v) is 3.36. The molecule has 1 aromatic carbocycles. The van der Waals surface area contributed by atoms with E-state index in [1.165, 1.54) is 11.8 Å². The SMILES string of the molecule is O=C(O)NCCc1cc(Sc2cccnc2)n(-c2ccccc2Cl)n1. The maximum absolute atomic E-state index is 10.6. The number of benzene rings is 1. The third-order valence-corrected chi connectivity index (χ3v) is 4.62. The summed E-state index contributed by atoms with van der Waals surface area (Å²) in [4.78, 5) is 15.7. The molecule has 128 valence electrons. The lowest BCUT2D eigenvalue weighted by Gasteiger charge is -2.08. The first kappa shape index (κ1) is 17.3. The Morgan fingerprint density at radius 2 is 2.12 bits per heavy atom. The topological polar surface area (TPSA) is 80.0 Å². The van der Waals surface area contributed by atoms with Crippen molar-refractivity contribution >= 4 is 29.5 Å². The molecule has 2 aromatic heterocycles. The second-order valence-corrected chi connectivity index (χ2v) is 6.61. The number of carboxylic acid groups (broad SMARTS) is 1. The molecule has 0 saturated heterocycles. The van der Waals surface area contributed by atoms with Gasteiger partial charge in [0.05, 0.1) is 16.4 Å². The molecule has 0 fully saturated rings. The average Bonchev–Trinajstić information content (AvgIpc) is 2.98. The van der Waals surface area contributed by atoms with Crippen LogP contribution in [0.5, 0.6) is 0 Å². The minimum Gasteiger partial charge on any atom is -0.465 e. The molecule has 0 saturated carbocycles. The lowest BCUT2D eigenvalue weighted by molar-refractivity contribution is 0.194. The summed E-state index contributed by atoms with van der Waals surface area (Å²) in [5.74, 6) is 0. The quantitative estimate of drug-likeness (QED) is 0.684. The zero-order chi connectivity index (χ0) is 17.6. The van der Waals surface area contributed by atoms with Crippen molar-refractivity contribution in [2.24, 2.45) is 0 Å². The van der Waals surface area contributed by atoms with Crippen molar-refractivity contribution in [3.8, 4) is 5.69 Å². The van der Waals surface area contributed by atoms with Crippen LogP contribution in [0.25, 0.3) is 5.69 Å². The van der Waals surface area contributed by atoms with Gasteiger partial charge in [0.25, 0.3) is 0 Å². The predicted octanol–water partition coefficient (Wildman–Crippen LogP) is 3.88. The third kappa shape index (κ3) is 4.52. The maximum Gasteiger partial charge on any atom is 0.404 e. The first-order valence-corrected chi connectivity index (χ1v) is 8.71. The summed E-state index contributed by atoms with van der Waals surface area (Å²) in [6, 6.07) is 13.2. The first-order valence-electron chi connectivity index (χ1n) is 7.52. The number of nitrogens with zero attached hydrogens (tertiary/aromatic N) is 3. The van der Waals surface area contributed by atoms with E-state index in [1.807, 2.05) is 42.5 Å². The number of hydrogen-bond donors (Lipinski definition) is 2. The van der Waals surface area contributed by atoms with Gasteiger partial charge in [-0.1, -0.05) is 35.5 Å². The van der Waals surface area contributed by atoms with Crippen LogP contribution < -0.4 is 5.32 Å². The van der Waals surface area contributed by atoms with Crippen molar-refractivity contribution in [2.75, 3.05) is 6.54 Å². The molecule has 6 nitrogen and oxygen atoms in total. The molecular weight excluding hydrogens is 360 g/mol. The molecule has 0 atom stereocenters. The molecular formula is C17H15ClN4O2S. The van der Waals surface area contributed by atoms with Gasteiger partial charge in [0.2, 0.25) is 0 Å². The lowest BCUT2D eigenvalue weighted by Crippen LogP contribution is -2.23. The molecule has 0 unspecified atom stereocenters. The molecule has 0 bridgehead atoms. The van der Waals surface area contributed by atoms with Gasteiger partial charge in [-0.15, -0.1) is 0 Å². The summed E-state index contributed by atoms with van der Waals surface area (Å²) in [6.45, 7) is 0.297. The summed E-state index contributed by atoms with van der Waals surface area (Å²) >= 11 is 7.84. The largest absolute Gasteiger partial charge is 0.465 e. The Kier molecular flexibility index (Phi) is 5.57. The van der Waals surface area contributed by atoms with Crippen molar-refractivity contribution in [3.05, 3.63) is 65.6 Å². The van der Waals surface area contributed by atoms with E-state index in [9.17, 15) is 4.79 Å². The molecule has 0 aliphatic carbocycles. The normalized spacial score (nSPS) is 10.6. The van der Waals surface area contributed by atoms with E-state index in [0.29, 0.717) is 18.0 Å². The highest BCUT2D eigenvalue weighted by Gasteiger charge is 2.13. The van der Waals surface area contributed by atoms with Crippen LogP contribution >= 0.6 is 23.4 Å². The van der Waals surface area contributed by atoms with Gasteiger partial charge in [0.1, 0.15) is 5.03 Å². The number of pyridine rings is 1. The van der Waals surface area contributed by atoms with Gasteiger partial charge < -0.3 is 10.4 Å². The van der Waals surface area contributed by atoms with Gasteiger partial charge >= 0.3 is 6.09 Å². The number of rotatable bonds is 6. The Morgan fingerprint density at radius 1 is 1.28 bits per heavy atom. The zero-order valence-electron chi connectivity index (χ0n) is 13.1. The Balaban J connectivity index is 1.92. The second-order valence-electron chi connectivity index (χ2n) is 5.11. The molecule has 3 rings (SSSR count). The summed E-state index contributed by atoms with van der Waals surface area (Å²) in [7, 11) is 0. The molecule has 2 heterocycles. The van der Waals surface area contributed by atoms with E-state index in [0.717, 1.165) is 21.3 Å². The zero-order valence-corrected chi connectivity index (χ0v) is 14.7. The van der Waals surface area contributed by atoms with Crippen LogP contribution in [0.2, 0.25) is 5.02 Å². The number of amides is 1. The van der Waals surface area contributed by atoms with Crippen LogP contribution in [0.3, 0.4) is 0 Å². The number of halogens is 1. The molecule has 0 spiro atoms. The highest BCUT2D eigenvalue weighted by atomic mass is 35.5. The van der Waals surface area contributed by atoms with Crippen LogP contribution in [0.4, 0.5) is 4.79 Å². The molecule has 1 amide bonds. The van der Waals surface area contributed by atoms with Gasteiger partial charge in [-0.2, -0.15) is 5.10 Å². The minimum atomic E-state index is -1.05. The number of aromatic nitrogens is 3. The third-order valence-electron chi connectivity index (χ3n) is 3.32. The molecule has 8 heteroatoms. The lowest BCUT2D eigenvalue weighted by atomic mass is 10.3. The second kappa shape index (κ2) is 8.04. The Morgan fingerprint density at radius 3 is 2.84 bits per heavy atom. The molecule has 2 N–H and O–H groups in total. The number of para-hydroxylation sites is 1. The van der Waals surface area contributed by atoms with Crippen molar-refractivity contribution in [3.63, 3.8) is 0 Å². The standard InChI is InChI=1S/C17H15ClN4O2S/c18-14-5-1-2-6-15(14)22-16(25-13-4-3-8-19-11-13)10-12(21-22)7-9-20-17(23)24/h1-6,8,10-11,20H,7,9H2,(H,23,24). The Labute approximate surface area is 153 Å². The van der Waals surface area contributed by atoms with Crippen LogP contribution in [0.1, 0.15) is 5.69 Å². The summed E-state index contributed by atoms with van der Waals surface area (Å²) < 4.78 is 1.77.